The smallest absolute Gasteiger partial charge is 0.225 e. The summed E-state index contributed by atoms with van der Waals surface area (Å²) >= 11 is 0. The van der Waals surface area contributed by atoms with Gasteiger partial charge in [-0.05, 0) is 30.9 Å². The molecule has 1 fully saturated rings. The van der Waals surface area contributed by atoms with Crippen LogP contribution in [-0.2, 0) is 12.8 Å². The second-order valence-electron chi connectivity index (χ2n) is 5.65. The highest BCUT2D eigenvalue weighted by Crippen LogP contribution is 2.33. The SMILES string of the molecule is NC1CCCN(c2ncc3c(n2)-c2ccoc2CC3)C1. The zero-order chi connectivity index (χ0) is 13.5. The van der Waals surface area contributed by atoms with Crippen LogP contribution >= 0.6 is 0 Å². The first kappa shape index (κ1) is 11.9. The predicted molar refractivity (Wildman–Crippen MR) is 76.6 cm³/mol. The van der Waals surface area contributed by atoms with Gasteiger partial charge < -0.3 is 15.1 Å². The average molecular weight is 270 g/mol. The van der Waals surface area contributed by atoms with Crippen LogP contribution in [0.1, 0.15) is 24.2 Å². The van der Waals surface area contributed by atoms with Crippen molar-refractivity contribution in [3.63, 3.8) is 0 Å². The maximum atomic E-state index is 6.05. The molecule has 2 N–H and O–H groups in total. The molecule has 5 heteroatoms. The number of fused-ring (bicyclic) bond motifs is 3. The number of piperidine rings is 1. The Morgan fingerprint density at radius 3 is 3.20 bits per heavy atom. The maximum Gasteiger partial charge on any atom is 0.225 e. The molecule has 2 aromatic rings. The molecule has 20 heavy (non-hydrogen) atoms. The highest BCUT2D eigenvalue weighted by Gasteiger charge is 2.24. The molecule has 1 atom stereocenters. The van der Waals surface area contributed by atoms with Crippen molar-refractivity contribution < 1.29 is 4.42 Å². The molecule has 2 aromatic heterocycles. The van der Waals surface area contributed by atoms with Crippen LogP contribution < -0.4 is 10.6 Å². The number of hydrogen-bond acceptors (Lipinski definition) is 5. The fourth-order valence-corrected chi connectivity index (χ4v) is 3.15. The van der Waals surface area contributed by atoms with Crippen LogP contribution in [0.4, 0.5) is 5.95 Å². The summed E-state index contributed by atoms with van der Waals surface area (Å²) in [6.45, 7) is 1.84. The van der Waals surface area contributed by atoms with Crippen LogP contribution in [-0.4, -0.2) is 29.1 Å². The maximum absolute atomic E-state index is 6.05. The first-order valence-electron chi connectivity index (χ1n) is 7.24. The van der Waals surface area contributed by atoms with Gasteiger partial charge in [-0.25, -0.2) is 9.97 Å². The van der Waals surface area contributed by atoms with E-state index in [0.29, 0.717) is 0 Å². The molecule has 3 heterocycles. The fourth-order valence-electron chi connectivity index (χ4n) is 3.15. The molecule has 1 aliphatic carbocycles. The summed E-state index contributed by atoms with van der Waals surface area (Å²) in [5.74, 6) is 1.84. The van der Waals surface area contributed by atoms with E-state index in [1.54, 1.807) is 6.26 Å². The first-order valence-corrected chi connectivity index (χ1v) is 7.24. The number of aromatic nitrogens is 2. The summed E-state index contributed by atoms with van der Waals surface area (Å²) in [6.07, 6.45) is 7.81. The van der Waals surface area contributed by atoms with Crippen molar-refractivity contribution in [3.05, 3.63) is 29.9 Å². The van der Waals surface area contributed by atoms with E-state index in [-0.39, 0.29) is 6.04 Å². The molecule has 2 aliphatic rings. The largest absolute Gasteiger partial charge is 0.469 e. The number of nitrogens with zero attached hydrogens (tertiary/aromatic N) is 3. The van der Waals surface area contributed by atoms with Gasteiger partial charge in [-0.1, -0.05) is 0 Å². The quantitative estimate of drug-likeness (QED) is 0.855. The number of aryl methyl sites for hydroxylation is 2. The van der Waals surface area contributed by atoms with Gasteiger partial charge in [0.15, 0.2) is 0 Å². The molecule has 0 spiro atoms. The van der Waals surface area contributed by atoms with E-state index >= 15 is 0 Å². The molecule has 0 amide bonds. The first-order chi connectivity index (χ1) is 9.81. The molecular weight excluding hydrogens is 252 g/mol. The lowest BCUT2D eigenvalue weighted by molar-refractivity contribution is 0.498. The second-order valence-corrected chi connectivity index (χ2v) is 5.65. The Kier molecular flexibility index (Phi) is 2.73. The fraction of sp³-hybridized carbons (Fsp3) is 0.467. The molecule has 0 aromatic carbocycles. The third-order valence-corrected chi connectivity index (χ3v) is 4.21. The van der Waals surface area contributed by atoms with Gasteiger partial charge in [0.1, 0.15) is 5.76 Å². The molecule has 4 rings (SSSR count). The number of anilines is 1. The molecule has 1 aliphatic heterocycles. The van der Waals surface area contributed by atoms with Crippen LogP contribution in [0.25, 0.3) is 11.3 Å². The Balaban J connectivity index is 1.72. The molecular formula is C15H18N4O. The summed E-state index contributed by atoms with van der Waals surface area (Å²) in [6, 6.07) is 2.24. The summed E-state index contributed by atoms with van der Waals surface area (Å²) < 4.78 is 5.52. The normalized spacial score (nSPS) is 21.4. The van der Waals surface area contributed by atoms with Gasteiger partial charge in [0, 0.05) is 37.3 Å². The Hall–Kier alpha value is -1.88. The van der Waals surface area contributed by atoms with Crippen molar-refractivity contribution in [2.75, 3.05) is 18.0 Å². The van der Waals surface area contributed by atoms with E-state index in [2.05, 4.69) is 9.88 Å². The van der Waals surface area contributed by atoms with E-state index in [1.165, 1.54) is 5.56 Å². The zero-order valence-electron chi connectivity index (χ0n) is 11.4. The molecule has 0 saturated carbocycles. The topological polar surface area (TPSA) is 68.2 Å². The van der Waals surface area contributed by atoms with Crippen molar-refractivity contribution >= 4 is 5.95 Å². The van der Waals surface area contributed by atoms with Gasteiger partial charge in [-0.3, -0.25) is 0 Å². The highest BCUT2D eigenvalue weighted by atomic mass is 16.3. The molecule has 104 valence electrons. The van der Waals surface area contributed by atoms with E-state index in [0.717, 1.165) is 61.7 Å². The molecule has 5 nitrogen and oxygen atoms in total. The van der Waals surface area contributed by atoms with Gasteiger partial charge in [0.25, 0.3) is 0 Å². The van der Waals surface area contributed by atoms with Gasteiger partial charge in [0.2, 0.25) is 5.95 Å². The molecule has 1 saturated heterocycles. The Labute approximate surface area is 117 Å². The Bertz CT molecular complexity index is 637. The summed E-state index contributed by atoms with van der Waals surface area (Å²) in [4.78, 5) is 11.5. The molecule has 0 bridgehead atoms. The second kappa shape index (κ2) is 4.59. The summed E-state index contributed by atoms with van der Waals surface area (Å²) in [5.41, 5.74) is 9.41. The minimum atomic E-state index is 0.230. The lowest BCUT2D eigenvalue weighted by Gasteiger charge is -2.31. The summed E-state index contributed by atoms with van der Waals surface area (Å²) in [7, 11) is 0. The van der Waals surface area contributed by atoms with Crippen molar-refractivity contribution in [1.29, 1.82) is 0 Å². The third kappa shape index (κ3) is 1.89. The summed E-state index contributed by atoms with van der Waals surface area (Å²) in [5, 5.41) is 0. The molecule has 1 unspecified atom stereocenters. The standard InChI is InChI=1S/C15H18N4O/c16-11-2-1-6-19(9-11)15-17-8-10-3-4-13-12(5-7-20-13)14(10)18-15/h5,7-8,11H,1-4,6,9,16H2. The van der Waals surface area contributed by atoms with Crippen LogP contribution in [0.2, 0.25) is 0 Å². The van der Waals surface area contributed by atoms with E-state index in [1.807, 2.05) is 12.3 Å². The lowest BCUT2D eigenvalue weighted by Crippen LogP contribution is -2.43. The van der Waals surface area contributed by atoms with Crippen LogP contribution in [0.3, 0.4) is 0 Å². The van der Waals surface area contributed by atoms with Crippen LogP contribution in [0, 0.1) is 0 Å². The van der Waals surface area contributed by atoms with E-state index in [9.17, 15) is 0 Å². The van der Waals surface area contributed by atoms with E-state index < -0.39 is 0 Å². The van der Waals surface area contributed by atoms with Crippen molar-refractivity contribution in [1.82, 2.24) is 9.97 Å². The molecule has 0 radical (unpaired) electrons. The van der Waals surface area contributed by atoms with Gasteiger partial charge >= 0.3 is 0 Å². The van der Waals surface area contributed by atoms with Gasteiger partial charge in [-0.2, -0.15) is 0 Å². The van der Waals surface area contributed by atoms with Crippen LogP contribution in [0.5, 0.6) is 0 Å². The van der Waals surface area contributed by atoms with Gasteiger partial charge in [-0.15, -0.1) is 0 Å². The highest BCUT2D eigenvalue weighted by molar-refractivity contribution is 5.68. The van der Waals surface area contributed by atoms with Crippen molar-refractivity contribution in [2.24, 2.45) is 5.73 Å². The number of rotatable bonds is 1. The van der Waals surface area contributed by atoms with Gasteiger partial charge in [0.05, 0.1) is 12.0 Å². The predicted octanol–water partition coefficient (Wildman–Crippen LogP) is 1.76. The Morgan fingerprint density at radius 1 is 1.35 bits per heavy atom. The monoisotopic (exact) mass is 270 g/mol. The number of nitrogens with two attached hydrogens (primary N) is 1. The van der Waals surface area contributed by atoms with Crippen molar-refractivity contribution in [3.8, 4) is 11.3 Å². The average Bonchev–Trinajstić information content (AvgIpc) is 2.95. The third-order valence-electron chi connectivity index (χ3n) is 4.21. The number of hydrogen-bond donors (Lipinski definition) is 1. The van der Waals surface area contributed by atoms with E-state index in [4.69, 9.17) is 15.1 Å². The lowest BCUT2D eigenvalue weighted by atomic mass is 9.96. The Morgan fingerprint density at radius 2 is 2.30 bits per heavy atom. The van der Waals surface area contributed by atoms with Crippen molar-refractivity contribution in [2.45, 2.75) is 31.7 Å². The van der Waals surface area contributed by atoms with Crippen LogP contribution in [0.15, 0.2) is 22.9 Å². The zero-order valence-corrected chi connectivity index (χ0v) is 11.4. The number of furan rings is 1. The minimum absolute atomic E-state index is 0.230. The minimum Gasteiger partial charge on any atom is -0.469 e.